The second-order valence-corrected chi connectivity index (χ2v) is 3.23. The molecule has 0 bridgehead atoms. The lowest BCUT2D eigenvalue weighted by molar-refractivity contribution is 0.0765. The van der Waals surface area contributed by atoms with Gasteiger partial charge in [-0.1, -0.05) is 13.8 Å². The Balaban J connectivity index is 2.91. The molecule has 0 unspecified atom stereocenters. The molecule has 1 heteroatoms. The Labute approximate surface area is 64.8 Å². The molecule has 0 amide bonds. The minimum atomic E-state index is 0.386. The predicted octanol–water partition coefficient (Wildman–Crippen LogP) is 2.81. The number of hydrogen-bond acceptors (Lipinski definition) is 1. The van der Waals surface area contributed by atoms with E-state index in [9.17, 15) is 0 Å². The van der Waals surface area contributed by atoms with Crippen molar-refractivity contribution >= 4 is 0 Å². The largest absolute Gasteiger partial charge is 0.379 e. The summed E-state index contributed by atoms with van der Waals surface area (Å²) in [6.07, 6.45) is 2.75. The van der Waals surface area contributed by atoms with Crippen LogP contribution in [0.2, 0.25) is 0 Å². The summed E-state index contributed by atoms with van der Waals surface area (Å²) in [5, 5.41) is 0. The molecule has 0 aromatic rings. The normalized spacial score (nSPS) is 11.4. The van der Waals surface area contributed by atoms with Gasteiger partial charge in [0.15, 0.2) is 0 Å². The Morgan fingerprint density at radius 1 is 1.30 bits per heavy atom. The molecule has 0 fully saturated rings. The van der Waals surface area contributed by atoms with Crippen LogP contribution in [0.5, 0.6) is 0 Å². The van der Waals surface area contributed by atoms with Crippen LogP contribution in [0, 0.1) is 5.92 Å². The zero-order valence-corrected chi connectivity index (χ0v) is 7.61. The zero-order valence-electron chi connectivity index (χ0n) is 7.61. The fraction of sp³-hybridized carbons (Fsp3) is 0.889. The quantitative estimate of drug-likeness (QED) is 0.538. The molecule has 0 spiro atoms. The van der Waals surface area contributed by atoms with Crippen molar-refractivity contribution in [3.8, 4) is 0 Å². The van der Waals surface area contributed by atoms with Crippen LogP contribution in [-0.2, 0) is 4.74 Å². The van der Waals surface area contributed by atoms with E-state index in [2.05, 4.69) is 27.7 Å². The molecule has 0 saturated carbocycles. The Morgan fingerprint density at radius 2 is 1.90 bits per heavy atom. The second-order valence-electron chi connectivity index (χ2n) is 3.23. The Bertz CT molecular complexity index is 57.1. The maximum atomic E-state index is 5.38. The number of rotatable bonds is 5. The molecule has 0 heterocycles. The second kappa shape index (κ2) is 5.72. The SMILES string of the molecule is C[C](C)CCCOC(C)C. The average Bonchev–Trinajstić information content (AvgIpc) is 1.79. The molecule has 61 valence electrons. The summed E-state index contributed by atoms with van der Waals surface area (Å²) in [6.45, 7) is 9.37. The van der Waals surface area contributed by atoms with Crippen molar-refractivity contribution in [2.75, 3.05) is 6.61 Å². The van der Waals surface area contributed by atoms with Gasteiger partial charge in [0.05, 0.1) is 6.10 Å². The lowest BCUT2D eigenvalue weighted by atomic mass is 10.1. The van der Waals surface area contributed by atoms with Crippen LogP contribution in [0.25, 0.3) is 0 Å². The number of hydrogen-bond donors (Lipinski definition) is 0. The fourth-order valence-electron chi connectivity index (χ4n) is 0.745. The van der Waals surface area contributed by atoms with Gasteiger partial charge in [-0.3, -0.25) is 0 Å². The minimum absolute atomic E-state index is 0.386. The van der Waals surface area contributed by atoms with Gasteiger partial charge in [-0.05, 0) is 32.6 Å². The fourth-order valence-corrected chi connectivity index (χ4v) is 0.745. The highest BCUT2D eigenvalue weighted by Gasteiger charge is 1.95. The van der Waals surface area contributed by atoms with E-state index in [-0.39, 0.29) is 0 Å². The molecule has 0 saturated heterocycles. The van der Waals surface area contributed by atoms with Gasteiger partial charge in [0, 0.05) is 6.61 Å². The van der Waals surface area contributed by atoms with Crippen LogP contribution in [-0.4, -0.2) is 12.7 Å². The molecular weight excluding hydrogens is 124 g/mol. The molecule has 1 nitrogen and oxygen atoms in total. The van der Waals surface area contributed by atoms with Crippen LogP contribution >= 0.6 is 0 Å². The van der Waals surface area contributed by atoms with Crippen LogP contribution in [0.3, 0.4) is 0 Å². The maximum absolute atomic E-state index is 5.38. The van der Waals surface area contributed by atoms with E-state index in [1.54, 1.807) is 0 Å². The predicted molar refractivity (Wildman–Crippen MR) is 44.9 cm³/mol. The van der Waals surface area contributed by atoms with Crippen molar-refractivity contribution in [2.45, 2.75) is 46.6 Å². The van der Waals surface area contributed by atoms with Crippen LogP contribution in [0.1, 0.15) is 40.5 Å². The van der Waals surface area contributed by atoms with Crippen molar-refractivity contribution in [3.63, 3.8) is 0 Å². The highest BCUT2D eigenvalue weighted by Crippen LogP contribution is 2.05. The van der Waals surface area contributed by atoms with Crippen molar-refractivity contribution in [2.24, 2.45) is 0 Å². The molecule has 0 atom stereocenters. The first-order valence-electron chi connectivity index (χ1n) is 4.03. The van der Waals surface area contributed by atoms with Crippen molar-refractivity contribution in [1.82, 2.24) is 0 Å². The third kappa shape index (κ3) is 7.96. The van der Waals surface area contributed by atoms with Gasteiger partial charge in [-0.2, -0.15) is 0 Å². The van der Waals surface area contributed by atoms with Crippen LogP contribution < -0.4 is 0 Å². The first-order chi connectivity index (χ1) is 4.63. The minimum Gasteiger partial charge on any atom is -0.379 e. The van der Waals surface area contributed by atoms with Gasteiger partial charge in [0.2, 0.25) is 0 Å². The highest BCUT2D eigenvalue weighted by atomic mass is 16.5. The maximum Gasteiger partial charge on any atom is 0.0518 e. The Morgan fingerprint density at radius 3 is 2.30 bits per heavy atom. The monoisotopic (exact) mass is 143 g/mol. The van der Waals surface area contributed by atoms with E-state index in [0.717, 1.165) is 6.61 Å². The van der Waals surface area contributed by atoms with E-state index in [1.165, 1.54) is 18.8 Å². The molecule has 0 aliphatic carbocycles. The van der Waals surface area contributed by atoms with E-state index in [4.69, 9.17) is 4.74 Å². The molecule has 0 rings (SSSR count). The van der Waals surface area contributed by atoms with Crippen molar-refractivity contribution < 1.29 is 4.74 Å². The summed E-state index contributed by atoms with van der Waals surface area (Å²) in [6, 6.07) is 0. The molecule has 0 aliphatic rings. The smallest absolute Gasteiger partial charge is 0.0518 e. The zero-order chi connectivity index (χ0) is 7.98. The van der Waals surface area contributed by atoms with E-state index in [1.807, 2.05) is 0 Å². The van der Waals surface area contributed by atoms with Gasteiger partial charge < -0.3 is 4.74 Å². The summed E-state index contributed by atoms with van der Waals surface area (Å²) in [5.41, 5.74) is 0. The summed E-state index contributed by atoms with van der Waals surface area (Å²) in [5.74, 6) is 1.49. The Hall–Kier alpha value is -0.0400. The Kier molecular flexibility index (Phi) is 5.70. The summed E-state index contributed by atoms with van der Waals surface area (Å²) >= 11 is 0. The molecule has 0 N–H and O–H groups in total. The van der Waals surface area contributed by atoms with Crippen molar-refractivity contribution in [1.29, 1.82) is 0 Å². The molecule has 1 radical (unpaired) electrons. The van der Waals surface area contributed by atoms with E-state index >= 15 is 0 Å². The molecule has 0 aliphatic heterocycles. The van der Waals surface area contributed by atoms with E-state index < -0.39 is 0 Å². The third-order valence-electron chi connectivity index (χ3n) is 1.27. The summed E-state index contributed by atoms with van der Waals surface area (Å²) in [7, 11) is 0. The number of ether oxygens (including phenoxy) is 1. The lowest BCUT2D eigenvalue weighted by Crippen LogP contribution is -2.04. The first-order valence-corrected chi connectivity index (χ1v) is 4.03. The molecule has 0 aromatic heterocycles. The van der Waals surface area contributed by atoms with Crippen LogP contribution in [0.4, 0.5) is 0 Å². The summed E-state index contributed by atoms with van der Waals surface area (Å²) < 4.78 is 5.38. The molecule has 0 aromatic carbocycles. The van der Waals surface area contributed by atoms with Crippen molar-refractivity contribution in [3.05, 3.63) is 5.92 Å². The molecular formula is C9H19O. The van der Waals surface area contributed by atoms with E-state index in [0.29, 0.717) is 6.10 Å². The van der Waals surface area contributed by atoms with Gasteiger partial charge in [-0.15, -0.1) is 0 Å². The van der Waals surface area contributed by atoms with Gasteiger partial charge in [0.25, 0.3) is 0 Å². The third-order valence-corrected chi connectivity index (χ3v) is 1.27. The average molecular weight is 143 g/mol. The topological polar surface area (TPSA) is 9.23 Å². The lowest BCUT2D eigenvalue weighted by Gasteiger charge is -2.07. The first kappa shape index (κ1) is 9.96. The summed E-state index contributed by atoms with van der Waals surface area (Å²) in [4.78, 5) is 0. The van der Waals surface area contributed by atoms with Gasteiger partial charge in [-0.25, -0.2) is 0 Å². The highest BCUT2D eigenvalue weighted by molar-refractivity contribution is 4.75. The standard InChI is InChI=1S/C9H19O/c1-8(2)6-5-7-10-9(3)4/h9H,5-7H2,1-4H3. The van der Waals surface area contributed by atoms with Gasteiger partial charge in [0.1, 0.15) is 0 Å². The van der Waals surface area contributed by atoms with Crippen LogP contribution in [0.15, 0.2) is 0 Å². The molecule has 10 heavy (non-hydrogen) atoms. The van der Waals surface area contributed by atoms with Gasteiger partial charge >= 0.3 is 0 Å².